The third-order valence-electron chi connectivity index (χ3n) is 7.19. The Bertz CT molecular complexity index is 588. The van der Waals surface area contributed by atoms with E-state index in [1.807, 2.05) is 0 Å². The van der Waals surface area contributed by atoms with Gasteiger partial charge in [-0.05, 0) is 71.6 Å². The van der Waals surface area contributed by atoms with Gasteiger partial charge in [0, 0.05) is 7.05 Å². The summed E-state index contributed by atoms with van der Waals surface area (Å²) in [5.41, 5.74) is 0.0936. The molecule has 25 heavy (non-hydrogen) atoms. The van der Waals surface area contributed by atoms with Crippen molar-refractivity contribution in [1.29, 1.82) is 0 Å². The molecule has 0 aromatic carbocycles. The van der Waals surface area contributed by atoms with Gasteiger partial charge in [0.15, 0.2) is 0 Å². The minimum atomic E-state index is -0.0583. The average molecular weight is 349 g/mol. The number of carbonyl (C=O) groups excluding carboxylic acids is 2. The second-order valence-corrected chi connectivity index (χ2v) is 9.37. The first kappa shape index (κ1) is 17.5. The van der Waals surface area contributed by atoms with Gasteiger partial charge >= 0.3 is 0 Å². The molecule has 0 radical (unpaired) electrons. The fourth-order valence-electron chi connectivity index (χ4n) is 5.11. The number of hydrogen-bond acceptors (Lipinski definition) is 4. The van der Waals surface area contributed by atoms with Crippen LogP contribution in [0.15, 0.2) is 0 Å². The number of carbonyl (C=O) groups is 2. The van der Waals surface area contributed by atoms with E-state index in [0.717, 1.165) is 44.9 Å². The highest BCUT2D eigenvalue weighted by Crippen LogP contribution is 2.48. The Morgan fingerprint density at radius 2 is 1.64 bits per heavy atom. The largest absolute Gasteiger partial charge is 0.367 e. The molecule has 2 amide bonds. The van der Waals surface area contributed by atoms with Crippen molar-refractivity contribution in [2.45, 2.75) is 89.1 Å². The van der Waals surface area contributed by atoms with E-state index in [9.17, 15) is 9.59 Å². The summed E-state index contributed by atoms with van der Waals surface area (Å²) in [5.74, 6) is 0.537. The predicted octanol–water partition coefficient (Wildman–Crippen LogP) is 2.91. The maximum Gasteiger partial charge on any atom is 0.232 e. The highest BCUT2D eigenvalue weighted by atomic mass is 16.6. The molecule has 4 rings (SSSR count). The molecule has 1 aliphatic carbocycles. The van der Waals surface area contributed by atoms with Crippen molar-refractivity contribution < 1.29 is 19.1 Å². The van der Waals surface area contributed by atoms with E-state index < -0.39 is 0 Å². The van der Waals surface area contributed by atoms with Gasteiger partial charge in [0.2, 0.25) is 11.8 Å². The molecule has 1 saturated carbocycles. The van der Waals surface area contributed by atoms with Crippen molar-refractivity contribution in [2.24, 2.45) is 17.8 Å². The van der Waals surface area contributed by atoms with Gasteiger partial charge in [-0.1, -0.05) is 0 Å². The third kappa shape index (κ3) is 3.14. The summed E-state index contributed by atoms with van der Waals surface area (Å²) < 4.78 is 11.7. The highest BCUT2D eigenvalue weighted by Gasteiger charge is 2.55. The summed E-state index contributed by atoms with van der Waals surface area (Å²) >= 11 is 0. The Kier molecular flexibility index (Phi) is 4.04. The number of hydrogen-bond donors (Lipinski definition) is 0. The Hall–Kier alpha value is -0.940. The van der Waals surface area contributed by atoms with Crippen LogP contribution in [-0.4, -0.2) is 47.2 Å². The molecule has 6 unspecified atom stereocenters. The molecule has 0 bridgehead atoms. The fraction of sp³-hybridized carbons (Fsp3) is 0.900. The summed E-state index contributed by atoms with van der Waals surface area (Å²) in [5, 5.41) is 0. The lowest BCUT2D eigenvalue weighted by atomic mass is 9.73. The van der Waals surface area contributed by atoms with Gasteiger partial charge < -0.3 is 9.47 Å². The molecule has 0 spiro atoms. The molecule has 0 N–H and O–H groups in total. The second-order valence-electron chi connectivity index (χ2n) is 9.37. The van der Waals surface area contributed by atoms with E-state index in [-0.39, 0.29) is 34.9 Å². The Morgan fingerprint density at radius 3 is 2.32 bits per heavy atom. The summed E-state index contributed by atoms with van der Waals surface area (Å²) in [6.45, 7) is 6.51. The zero-order valence-electron chi connectivity index (χ0n) is 15.9. The molecule has 3 saturated heterocycles. The molecule has 5 nitrogen and oxygen atoms in total. The zero-order chi connectivity index (χ0) is 18.0. The van der Waals surface area contributed by atoms with Crippen molar-refractivity contribution in [1.82, 2.24) is 4.90 Å². The van der Waals surface area contributed by atoms with Crippen molar-refractivity contribution in [3.05, 3.63) is 0 Å². The van der Waals surface area contributed by atoms with Crippen LogP contribution in [0.1, 0.15) is 65.7 Å². The van der Waals surface area contributed by atoms with Gasteiger partial charge in [0.05, 0.1) is 35.2 Å². The number of likely N-dealkylation sites (tertiary alicyclic amines) is 1. The lowest BCUT2D eigenvalue weighted by Gasteiger charge is -2.28. The molecule has 3 aliphatic heterocycles. The van der Waals surface area contributed by atoms with E-state index in [2.05, 4.69) is 20.8 Å². The van der Waals surface area contributed by atoms with E-state index in [1.165, 1.54) is 4.90 Å². The van der Waals surface area contributed by atoms with Crippen LogP contribution in [0, 0.1) is 17.8 Å². The van der Waals surface area contributed by atoms with Crippen LogP contribution >= 0.6 is 0 Å². The van der Waals surface area contributed by atoms with Crippen LogP contribution in [0.3, 0.4) is 0 Å². The Morgan fingerprint density at radius 1 is 0.960 bits per heavy atom. The van der Waals surface area contributed by atoms with Crippen LogP contribution in [0.5, 0.6) is 0 Å². The molecular weight excluding hydrogens is 318 g/mol. The molecule has 0 aromatic rings. The number of ether oxygens (including phenoxy) is 2. The Balaban J connectivity index is 1.21. The van der Waals surface area contributed by atoms with Crippen LogP contribution in [-0.2, 0) is 19.1 Å². The minimum Gasteiger partial charge on any atom is -0.367 e. The first-order valence-electron chi connectivity index (χ1n) is 9.88. The van der Waals surface area contributed by atoms with E-state index in [0.29, 0.717) is 18.1 Å². The smallest absolute Gasteiger partial charge is 0.232 e. The van der Waals surface area contributed by atoms with Crippen molar-refractivity contribution in [3.63, 3.8) is 0 Å². The SMILES string of the molecule is CN1C(=O)C2CCC(CCC3OC3(C)CCC3OC3(C)C)CC2C1=O. The van der Waals surface area contributed by atoms with Crippen LogP contribution in [0.2, 0.25) is 0 Å². The van der Waals surface area contributed by atoms with E-state index in [1.54, 1.807) is 7.05 Å². The van der Waals surface area contributed by atoms with Crippen molar-refractivity contribution in [3.8, 4) is 0 Å². The lowest BCUT2D eigenvalue weighted by Crippen LogP contribution is -2.27. The normalized spacial score (nSPS) is 44.8. The molecule has 6 atom stereocenters. The number of amides is 2. The number of nitrogens with zero attached hydrogens (tertiary/aromatic N) is 1. The monoisotopic (exact) mass is 349 g/mol. The number of epoxide rings is 2. The number of rotatable bonds is 6. The van der Waals surface area contributed by atoms with E-state index in [4.69, 9.17) is 9.47 Å². The minimum absolute atomic E-state index is 0.0264. The highest BCUT2D eigenvalue weighted by molar-refractivity contribution is 6.04. The Labute approximate surface area is 150 Å². The van der Waals surface area contributed by atoms with Crippen LogP contribution < -0.4 is 0 Å². The van der Waals surface area contributed by atoms with Crippen molar-refractivity contribution in [2.75, 3.05) is 7.05 Å². The second kappa shape index (κ2) is 5.78. The van der Waals surface area contributed by atoms with Gasteiger partial charge in [0.1, 0.15) is 0 Å². The van der Waals surface area contributed by atoms with Gasteiger partial charge in [0.25, 0.3) is 0 Å². The van der Waals surface area contributed by atoms with Gasteiger partial charge in [-0.15, -0.1) is 0 Å². The maximum absolute atomic E-state index is 12.2. The molecular formula is C20H31NO4. The first-order chi connectivity index (χ1) is 11.7. The topological polar surface area (TPSA) is 62.4 Å². The molecule has 3 heterocycles. The third-order valence-corrected chi connectivity index (χ3v) is 7.19. The first-order valence-corrected chi connectivity index (χ1v) is 9.88. The van der Waals surface area contributed by atoms with Crippen LogP contribution in [0.4, 0.5) is 0 Å². The average Bonchev–Trinajstić information content (AvgIpc) is 3.40. The zero-order valence-corrected chi connectivity index (χ0v) is 15.9. The molecule has 5 heteroatoms. The van der Waals surface area contributed by atoms with E-state index >= 15 is 0 Å². The molecule has 4 fully saturated rings. The molecule has 4 aliphatic rings. The lowest BCUT2D eigenvalue weighted by molar-refractivity contribution is -0.138. The molecule has 0 aromatic heterocycles. The van der Waals surface area contributed by atoms with Crippen LogP contribution in [0.25, 0.3) is 0 Å². The summed E-state index contributed by atoms with van der Waals surface area (Å²) in [6, 6.07) is 0. The van der Waals surface area contributed by atoms with Gasteiger partial charge in [-0.2, -0.15) is 0 Å². The van der Waals surface area contributed by atoms with Crippen molar-refractivity contribution >= 4 is 11.8 Å². The quantitative estimate of drug-likeness (QED) is 0.546. The summed E-state index contributed by atoms with van der Waals surface area (Å²) in [7, 11) is 1.63. The summed E-state index contributed by atoms with van der Waals surface area (Å²) in [6.07, 6.45) is 7.92. The van der Waals surface area contributed by atoms with Gasteiger partial charge in [-0.3, -0.25) is 14.5 Å². The standard InChI is InChI=1S/C20H31NO4/c1-19(2)15(24-19)9-10-20(3)16(25-20)8-6-12-5-7-13-14(11-12)18(23)21(4)17(13)22/h12-16H,5-11H2,1-4H3. The van der Waals surface area contributed by atoms with Gasteiger partial charge in [-0.25, -0.2) is 0 Å². The fourth-order valence-corrected chi connectivity index (χ4v) is 5.11. The summed E-state index contributed by atoms with van der Waals surface area (Å²) in [4.78, 5) is 25.6. The number of imide groups is 1. The maximum atomic E-state index is 12.2. The predicted molar refractivity (Wildman–Crippen MR) is 92.8 cm³/mol. The molecule has 140 valence electrons. The number of fused-ring (bicyclic) bond motifs is 1.